The zero-order valence-corrected chi connectivity index (χ0v) is 17.1. The van der Waals surface area contributed by atoms with E-state index >= 15 is 0 Å². The van der Waals surface area contributed by atoms with Crippen molar-refractivity contribution in [2.45, 2.75) is 10.9 Å². The summed E-state index contributed by atoms with van der Waals surface area (Å²) in [5.41, 5.74) is 0.809. The molecule has 30 heavy (non-hydrogen) atoms. The SMILES string of the molecule is O=C(/C=C/c1ccc2c(c1)OCO2)Nc1nnc(SCC(=O)NCc2ccco2)s1. The van der Waals surface area contributed by atoms with Crippen molar-refractivity contribution in [3.05, 3.63) is 54.0 Å². The van der Waals surface area contributed by atoms with Crippen LogP contribution in [-0.2, 0) is 16.1 Å². The maximum atomic E-state index is 12.1. The van der Waals surface area contributed by atoms with Crippen LogP contribution in [0.15, 0.2) is 51.4 Å². The van der Waals surface area contributed by atoms with Crippen molar-refractivity contribution < 1.29 is 23.5 Å². The summed E-state index contributed by atoms with van der Waals surface area (Å²) in [7, 11) is 0. The van der Waals surface area contributed by atoms with E-state index in [9.17, 15) is 9.59 Å². The molecule has 1 aliphatic heterocycles. The molecule has 0 unspecified atom stereocenters. The number of rotatable bonds is 8. The summed E-state index contributed by atoms with van der Waals surface area (Å²) in [5.74, 6) is 1.72. The lowest BCUT2D eigenvalue weighted by Gasteiger charge is -2.01. The summed E-state index contributed by atoms with van der Waals surface area (Å²) in [4.78, 5) is 24.0. The Bertz CT molecular complexity index is 1060. The minimum Gasteiger partial charge on any atom is -0.467 e. The first-order valence-electron chi connectivity index (χ1n) is 8.80. The minimum atomic E-state index is -0.337. The Morgan fingerprint density at radius 1 is 1.20 bits per heavy atom. The second-order valence-electron chi connectivity index (χ2n) is 5.95. The Morgan fingerprint density at radius 2 is 2.10 bits per heavy atom. The average molecular weight is 444 g/mol. The Kier molecular flexibility index (Phi) is 6.30. The van der Waals surface area contributed by atoms with E-state index in [1.165, 1.54) is 29.2 Å². The van der Waals surface area contributed by atoms with Gasteiger partial charge < -0.3 is 19.2 Å². The summed E-state index contributed by atoms with van der Waals surface area (Å²) in [6.07, 6.45) is 4.61. The van der Waals surface area contributed by atoms with Crippen LogP contribution in [0.3, 0.4) is 0 Å². The molecule has 0 saturated carbocycles. The van der Waals surface area contributed by atoms with Crippen molar-refractivity contribution in [1.29, 1.82) is 0 Å². The summed E-state index contributed by atoms with van der Waals surface area (Å²) < 4.78 is 16.3. The van der Waals surface area contributed by atoms with Gasteiger partial charge in [0.25, 0.3) is 0 Å². The highest BCUT2D eigenvalue weighted by molar-refractivity contribution is 8.01. The number of aromatic nitrogens is 2. The first-order chi connectivity index (χ1) is 14.7. The first kappa shape index (κ1) is 20.0. The molecule has 0 saturated heterocycles. The number of furan rings is 1. The number of carbonyl (C=O) groups is 2. The van der Waals surface area contributed by atoms with Crippen molar-refractivity contribution in [2.75, 3.05) is 17.9 Å². The Morgan fingerprint density at radius 3 is 2.97 bits per heavy atom. The fourth-order valence-electron chi connectivity index (χ4n) is 2.43. The molecule has 154 valence electrons. The van der Waals surface area contributed by atoms with Crippen LogP contribution in [0.1, 0.15) is 11.3 Å². The van der Waals surface area contributed by atoms with Gasteiger partial charge in [0, 0.05) is 6.08 Å². The standard InChI is InChI=1S/C19H16N4O5S2/c24-16(6-4-12-3-5-14-15(8-12)28-11-27-14)21-18-22-23-19(30-18)29-10-17(25)20-9-13-2-1-7-26-13/h1-8H,9-11H2,(H,20,25)(H,21,22,24)/b6-4+. The zero-order chi connectivity index (χ0) is 20.8. The molecule has 0 spiro atoms. The van der Waals surface area contributed by atoms with Gasteiger partial charge in [-0.1, -0.05) is 29.2 Å². The maximum absolute atomic E-state index is 12.1. The van der Waals surface area contributed by atoms with E-state index in [-0.39, 0.29) is 24.4 Å². The molecule has 9 nitrogen and oxygen atoms in total. The van der Waals surface area contributed by atoms with Gasteiger partial charge in [-0.25, -0.2) is 0 Å². The summed E-state index contributed by atoms with van der Waals surface area (Å²) >= 11 is 2.44. The quantitative estimate of drug-likeness (QED) is 0.310. The predicted octanol–water partition coefficient (Wildman–Crippen LogP) is 2.92. The molecule has 1 aromatic carbocycles. The Balaban J connectivity index is 1.22. The van der Waals surface area contributed by atoms with Crippen molar-refractivity contribution >= 4 is 46.1 Å². The monoisotopic (exact) mass is 444 g/mol. The molecule has 0 fully saturated rings. The van der Waals surface area contributed by atoms with Gasteiger partial charge in [-0.2, -0.15) is 0 Å². The van der Waals surface area contributed by atoms with Crippen molar-refractivity contribution in [3.8, 4) is 11.5 Å². The van der Waals surface area contributed by atoms with Crippen LogP contribution in [0.5, 0.6) is 11.5 Å². The van der Waals surface area contributed by atoms with Crippen LogP contribution in [-0.4, -0.2) is 34.6 Å². The van der Waals surface area contributed by atoms with Crippen molar-refractivity contribution in [3.63, 3.8) is 0 Å². The number of thioether (sulfide) groups is 1. The molecule has 1 aliphatic rings. The van der Waals surface area contributed by atoms with Gasteiger partial charge >= 0.3 is 0 Å². The van der Waals surface area contributed by atoms with Crippen LogP contribution >= 0.6 is 23.1 Å². The van der Waals surface area contributed by atoms with E-state index in [2.05, 4.69) is 20.8 Å². The molecule has 2 N–H and O–H groups in total. The third kappa shape index (κ3) is 5.39. The Labute approximate surface area is 179 Å². The number of carbonyl (C=O) groups excluding carboxylic acids is 2. The molecular formula is C19H16N4O5S2. The molecule has 3 heterocycles. The van der Waals surface area contributed by atoms with Crippen molar-refractivity contribution in [1.82, 2.24) is 15.5 Å². The second-order valence-corrected chi connectivity index (χ2v) is 8.15. The third-order valence-electron chi connectivity index (χ3n) is 3.83. The number of fused-ring (bicyclic) bond motifs is 1. The number of anilines is 1. The van der Waals surface area contributed by atoms with Gasteiger partial charge in [0.2, 0.25) is 23.7 Å². The lowest BCUT2D eigenvalue weighted by atomic mass is 10.2. The molecule has 2 amide bonds. The number of ether oxygens (including phenoxy) is 2. The van der Waals surface area contributed by atoms with Crippen LogP contribution < -0.4 is 20.1 Å². The average Bonchev–Trinajstić information content (AvgIpc) is 3.50. The summed E-state index contributed by atoms with van der Waals surface area (Å²) in [6.45, 7) is 0.533. The van der Waals surface area contributed by atoms with E-state index in [1.807, 2.05) is 6.07 Å². The molecule has 0 atom stereocenters. The number of hydrogen-bond acceptors (Lipinski definition) is 9. The highest BCUT2D eigenvalue weighted by Gasteiger charge is 2.13. The van der Waals surface area contributed by atoms with Gasteiger partial charge in [0.15, 0.2) is 15.8 Å². The fourth-order valence-corrected chi connectivity index (χ4v) is 4.02. The van der Waals surface area contributed by atoms with Crippen LogP contribution in [0, 0.1) is 0 Å². The molecule has 11 heteroatoms. The van der Waals surface area contributed by atoms with Crippen molar-refractivity contribution in [2.24, 2.45) is 0 Å². The Hall–Kier alpha value is -3.31. The van der Waals surface area contributed by atoms with Crippen LogP contribution in [0.2, 0.25) is 0 Å². The zero-order valence-electron chi connectivity index (χ0n) is 15.5. The largest absolute Gasteiger partial charge is 0.467 e. The van der Waals surface area contributed by atoms with Gasteiger partial charge in [-0.15, -0.1) is 10.2 Å². The third-order valence-corrected chi connectivity index (χ3v) is 5.80. The van der Waals surface area contributed by atoms with E-state index < -0.39 is 0 Å². The number of benzene rings is 1. The second kappa shape index (κ2) is 9.46. The van der Waals surface area contributed by atoms with Gasteiger partial charge in [0.05, 0.1) is 18.6 Å². The molecular weight excluding hydrogens is 428 g/mol. The molecule has 3 aromatic rings. The molecule has 0 bridgehead atoms. The molecule has 2 aromatic heterocycles. The fraction of sp³-hybridized carbons (Fsp3) is 0.158. The highest BCUT2D eigenvalue weighted by Crippen LogP contribution is 2.32. The molecule has 4 rings (SSSR count). The molecule has 0 aliphatic carbocycles. The topological polar surface area (TPSA) is 116 Å². The lowest BCUT2D eigenvalue weighted by Crippen LogP contribution is -2.24. The number of amides is 2. The minimum absolute atomic E-state index is 0.149. The van der Waals surface area contributed by atoms with E-state index in [0.717, 1.165) is 5.56 Å². The van der Waals surface area contributed by atoms with Crippen LogP contribution in [0.25, 0.3) is 6.08 Å². The molecule has 0 radical (unpaired) electrons. The number of nitrogens with one attached hydrogen (secondary N) is 2. The predicted molar refractivity (Wildman–Crippen MR) is 111 cm³/mol. The van der Waals surface area contributed by atoms with Gasteiger partial charge in [-0.05, 0) is 35.9 Å². The smallest absolute Gasteiger partial charge is 0.250 e. The van der Waals surface area contributed by atoms with Gasteiger partial charge in [0.1, 0.15) is 5.76 Å². The number of hydrogen-bond donors (Lipinski definition) is 2. The summed E-state index contributed by atoms with van der Waals surface area (Å²) in [5, 5.41) is 13.7. The maximum Gasteiger partial charge on any atom is 0.250 e. The van der Waals surface area contributed by atoms with E-state index in [0.29, 0.717) is 33.3 Å². The van der Waals surface area contributed by atoms with E-state index in [4.69, 9.17) is 13.9 Å². The van der Waals surface area contributed by atoms with E-state index in [1.54, 1.807) is 36.6 Å². The van der Waals surface area contributed by atoms with Gasteiger partial charge in [-0.3, -0.25) is 14.9 Å². The normalized spacial score (nSPS) is 12.3. The lowest BCUT2D eigenvalue weighted by molar-refractivity contribution is -0.118. The van der Waals surface area contributed by atoms with Crippen LogP contribution in [0.4, 0.5) is 5.13 Å². The highest BCUT2D eigenvalue weighted by atomic mass is 32.2. The summed E-state index contributed by atoms with van der Waals surface area (Å²) in [6, 6.07) is 8.96. The first-order valence-corrected chi connectivity index (χ1v) is 10.6. The number of nitrogens with zero attached hydrogens (tertiary/aromatic N) is 2.